The third-order valence-corrected chi connectivity index (χ3v) is 5.29. The molecule has 2 aromatic rings. The van der Waals surface area contributed by atoms with Crippen LogP contribution in [-0.4, -0.2) is 42.3 Å². The molecule has 0 amide bonds. The molecule has 29 heavy (non-hydrogen) atoms. The second kappa shape index (κ2) is 11.8. The van der Waals surface area contributed by atoms with Gasteiger partial charge in [-0.15, -0.1) is 0 Å². The van der Waals surface area contributed by atoms with Crippen LogP contribution in [0.15, 0.2) is 23.2 Å². The van der Waals surface area contributed by atoms with Crippen molar-refractivity contribution in [3.8, 4) is 0 Å². The van der Waals surface area contributed by atoms with E-state index in [1.165, 1.54) is 6.07 Å². The van der Waals surface area contributed by atoms with Gasteiger partial charge in [0.1, 0.15) is 5.82 Å². The van der Waals surface area contributed by atoms with E-state index in [2.05, 4.69) is 22.7 Å². The lowest BCUT2D eigenvalue weighted by Gasteiger charge is -2.13. The van der Waals surface area contributed by atoms with E-state index in [9.17, 15) is 4.39 Å². The number of guanidine groups is 1. The molecule has 2 N–H and O–H groups in total. The summed E-state index contributed by atoms with van der Waals surface area (Å²) < 4.78 is 20.7. The summed E-state index contributed by atoms with van der Waals surface area (Å²) in [5.41, 5.74) is 5.32. The molecule has 0 saturated carbocycles. The highest BCUT2D eigenvalue weighted by Crippen LogP contribution is 2.18. The Balaban J connectivity index is 2.10. The van der Waals surface area contributed by atoms with Crippen LogP contribution in [0.25, 0.3) is 0 Å². The summed E-state index contributed by atoms with van der Waals surface area (Å²) in [5.74, 6) is 1.30. The molecule has 1 aromatic carbocycles. The number of aliphatic imine (C=N–C) groups is 1. The van der Waals surface area contributed by atoms with E-state index in [1.54, 1.807) is 24.9 Å². The number of nitrogens with one attached hydrogen (secondary N) is 2. The number of nitrogens with zero attached hydrogens (tertiary/aromatic N) is 3. The van der Waals surface area contributed by atoms with Crippen molar-refractivity contribution in [3.05, 3.63) is 52.1 Å². The molecule has 0 radical (unpaired) electrons. The first kappa shape index (κ1) is 23.2. The lowest BCUT2D eigenvalue weighted by Crippen LogP contribution is -2.37. The highest BCUT2D eigenvalue weighted by Gasteiger charge is 2.12. The third-order valence-electron chi connectivity index (χ3n) is 4.69. The van der Waals surface area contributed by atoms with Gasteiger partial charge in [0.15, 0.2) is 5.96 Å². The minimum absolute atomic E-state index is 0.205. The van der Waals surface area contributed by atoms with E-state index in [0.29, 0.717) is 19.7 Å². The number of halogens is 1. The molecule has 0 saturated heterocycles. The summed E-state index contributed by atoms with van der Waals surface area (Å²) in [4.78, 5) is 4.70. The molecule has 0 atom stereocenters. The monoisotopic (exact) mass is 421 g/mol. The normalized spacial score (nSPS) is 11.7. The van der Waals surface area contributed by atoms with Gasteiger partial charge in [0.25, 0.3) is 0 Å². The number of hydrogen-bond donors (Lipinski definition) is 2. The van der Waals surface area contributed by atoms with Gasteiger partial charge in [-0.1, -0.05) is 6.07 Å². The van der Waals surface area contributed by atoms with Crippen LogP contribution >= 0.6 is 11.8 Å². The number of hydrogen-bond acceptors (Lipinski definition) is 4. The lowest BCUT2D eigenvalue weighted by molar-refractivity contribution is 0.182. The zero-order valence-corrected chi connectivity index (χ0v) is 18.8. The van der Waals surface area contributed by atoms with Crippen molar-refractivity contribution in [2.24, 2.45) is 4.99 Å². The van der Waals surface area contributed by atoms with Crippen molar-refractivity contribution >= 4 is 17.7 Å². The molecule has 0 aliphatic rings. The number of thioether (sulfide) groups is 1. The second-order valence-electron chi connectivity index (χ2n) is 6.76. The Morgan fingerprint density at radius 3 is 2.76 bits per heavy atom. The van der Waals surface area contributed by atoms with E-state index < -0.39 is 0 Å². The minimum Gasteiger partial charge on any atom is -0.383 e. The van der Waals surface area contributed by atoms with Gasteiger partial charge in [-0.25, -0.2) is 9.38 Å². The Morgan fingerprint density at radius 1 is 1.28 bits per heavy atom. The SMILES string of the molecule is CCNC(=NCc1ccc(F)cc1CSC)NCc1c(C)nn(CCOC)c1C. The van der Waals surface area contributed by atoms with Crippen LogP contribution in [0.3, 0.4) is 0 Å². The molecule has 0 spiro atoms. The molecule has 0 aliphatic heterocycles. The van der Waals surface area contributed by atoms with Gasteiger partial charge in [0, 0.05) is 37.2 Å². The van der Waals surface area contributed by atoms with E-state index in [1.807, 2.05) is 30.9 Å². The fraction of sp³-hybridized carbons (Fsp3) is 0.524. The predicted octanol–water partition coefficient (Wildman–Crippen LogP) is 3.40. The second-order valence-corrected chi connectivity index (χ2v) is 7.63. The van der Waals surface area contributed by atoms with Gasteiger partial charge < -0.3 is 15.4 Å². The van der Waals surface area contributed by atoms with Crippen LogP contribution in [0.5, 0.6) is 0 Å². The highest BCUT2D eigenvalue weighted by atomic mass is 32.2. The maximum atomic E-state index is 13.6. The number of aryl methyl sites for hydroxylation is 1. The Labute approximate surface area is 177 Å². The Hall–Kier alpha value is -2.06. The van der Waals surface area contributed by atoms with E-state index in [0.717, 1.165) is 52.9 Å². The molecule has 0 aliphatic carbocycles. The maximum absolute atomic E-state index is 13.6. The van der Waals surface area contributed by atoms with Crippen LogP contribution < -0.4 is 10.6 Å². The average molecular weight is 422 g/mol. The van der Waals surface area contributed by atoms with Gasteiger partial charge in [-0.05, 0) is 50.3 Å². The van der Waals surface area contributed by atoms with E-state index in [-0.39, 0.29) is 5.82 Å². The van der Waals surface area contributed by atoms with Crippen molar-refractivity contribution in [3.63, 3.8) is 0 Å². The first-order valence-electron chi connectivity index (χ1n) is 9.80. The van der Waals surface area contributed by atoms with Gasteiger partial charge in [-0.3, -0.25) is 4.68 Å². The zero-order valence-electron chi connectivity index (χ0n) is 18.0. The molecule has 0 bridgehead atoms. The van der Waals surface area contributed by atoms with E-state index in [4.69, 9.17) is 9.73 Å². The van der Waals surface area contributed by atoms with Crippen molar-refractivity contribution < 1.29 is 9.13 Å². The summed E-state index contributed by atoms with van der Waals surface area (Å²) in [7, 11) is 1.69. The Bertz CT molecular complexity index is 822. The quantitative estimate of drug-likeness (QED) is 0.455. The molecule has 0 unspecified atom stereocenters. The standard InChI is InChI=1S/C21H32FN5OS/c1-6-23-21(24-12-17-7-8-19(22)11-18(17)14-29-5)25-13-20-15(2)26-27(16(20)3)9-10-28-4/h7-8,11H,6,9-10,12-14H2,1-5H3,(H2,23,24,25). The van der Waals surface area contributed by atoms with E-state index >= 15 is 0 Å². The Morgan fingerprint density at radius 2 is 2.07 bits per heavy atom. The summed E-state index contributed by atoms with van der Waals surface area (Å²) in [5, 5.41) is 11.3. The number of aromatic nitrogens is 2. The van der Waals surface area contributed by atoms with Crippen LogP contribution in [0.4, 0.5) is 4.39 Å². The molecule has 6 nitrogen and oxygen atoms in total. The van der Waals surface area contributed by atoms with Crippen LogP contribution in [0.2, 0.25) is 0 Å². The number of methoxy groups -OCH3 is 1. The highest BCUT2D eigenvalue weighted by molar-refractivity contribution is 7.97. The largest absolute Gasteiger partial charge is 0.383 e. The number of rotatable bonds is 10. The molecule has 1 aromatic heterocycles. The molecule has 2 rings (SSSR count). The molecule has 8 heteroatoms. The third kappa shape index (κ3) is 6.75. The molecule has 1 heterocycles. The van der Waals surface area contributed by atoms with Crippen molar-refractivity contribution in [1.29, 1.82) is 0 Å². The maximum Gasteiger partial charge on any atom is 0.191 e. The lowest BCUT2D eigenvalue weighted by atomic mass is 10.1. The van der Waals surface area contributed by atoms with Crippen LogP contribution in [0.1, 0.15) is 35.0 Å². The fourth-order valence-electron chi connectivity index (χ4n) is 3.10. The van der Waals surface area contributed by atoms with Crippen LogP contribution in [-0.2, 0) is 30.1 Å². The first-order chi connectivity index (χ1) is 14.0. The van der Waals surface area contributed by atoms with Crippen molar-refractivity contribution in [2.75, 3.05) is 26.5 Å². The molecular formula is C21H32FN5OS. The summed E-state index contributed by atoms with van der Waals surface area (Å²) in [6.07, 6.45) is 2.01. The van der Waals surface area contributed by atoms with Crippen LogP contribution in [0, 0.1) is 19.7 Å². The average Bonchev–Trinajstić information content (AvgIpc) is 2.96. The zero-order chi connectivity index (χ0) is 21.2. The summed E-state index contributed by atoms with van der Waals surface area (Å²) in [6, 6.07) is 4.92. The van der Waals surface area contributed by atoms with Gasteiger partial charge >= 0.3 is 0 Å². The number of ether oxygens (including phenoxy) is 1. The summed E-state index contributed by atoms with van der Waals surface area (Å²) >= 11 is 1.68. The van der Waals surface area contributed by atoms with Gasteiger partial charge in [0.2, 0.25) is 0 Å². The van der Waals surface area contributed by atoms with Gasteiger partial charge in [0.05, 0.1) is 25.4 Å². The fourth-order valence-corrected chi connectivity index (χ4v) is 3.68. The van der Waals surface area contributed by atoms with Crippen molar-refractivity contribution in [1.82, 2.24) is 20.4 Å². The summed E-state index contributed by atoms with van der Waals surface area (Å²) in [6.45, 7) is 9.39. The number of benzene rings is 1. The van der Waals surface area contributed by atoms with Gasteiger partial charge in [-0.2, -0.15) is 16.9 Å². The Kier molecular flexibility index (Phi) is 9.47. The first-order valence-corrected chi connectivity index (χ1v) is 11.2. The topological polar surface area (TPSA) is 63.5 Å². The van der Waals surface area contributed by atoms with Crippen molar-refractivity contribution in [2.45, 2.75) is 46.2 Å². The molecule has 160 valence electrons. The minimum atomic E-state index is -0.205. The predicted molar refractivity (Wildman–Crippen MR) is 119 cm³/mol. The smallest absolute Gasteiger partial charge is 0.191 e. The molecule has 0 fully saturated rings. The molecular weight excluding hydrogens is 389 g/mol.